The first kappa shape index (κ1) is 31.3. The van der Waals surface area contributed by atoms with Gasteiger partial charge in [0.2, 0.25) is 11.8 Å². The summed E-state index contributed by atoms with van der Waals surface area (Å²) in [5.74, 6) is 1.75. The van der Waals surface area contributed by atoms with Crippen LogP contribution in [0, 0.1) is 5.92 Å². The molecule has 238 valence electrons. The van der Waals surface area contributed by atoms with Gasteiger partial charge < -0.3 is 14.2 Å². The van der Waals surface area contributed by atoms with Crippen LogP contribution in [-0.2, 0) is 29.8 Å². The Morgan fingerprint density at radius 2 is 1.48 bits per heavy atom. The summed E-state index contributed by atoms with van der Waals surface area (Å²) in [5, 5.41) is 6.01. The Balaban J connectivity index is 1.21. The van der Waals surface area contributed by atoms with Gasteiger partial charge in [-0.1, -0.05) is 72.8 Å². The van der Waals surface area contributed by atoms with Crippen molar-refractivity contribution in [3.63, 3.8) is 0 Å². The molecule has 0 saturated heterocycles. The second-order valence-corrected chi connectivity index (χ2v) is 13.3. The third kappa shape index (κ3) is 7.76. The molecule has 1 saturated carbocycles. The maximum atomic E-state index is 12.4. The lowest BCUT2D eigenvalue weighted by Crippen LogP contribution is -2.26. The van der Waals surface area contributed by atoms with Crippen molar-refractivity contribution in [3.05, 3.63) is 108 Å². The lowest BCUT2D eigenvalue weighted by molar-refractivity contribution is -0.156. The van der Waals surface area contributed by atoms with E-state index in [4.69, 9.17) is 24.3 Å². The predicted octanol–water partition coefficient (Wildman–Crippen LogP) is 8.80. The minimum atomic E-state index is -0.436. The molecule has 7 nitrogen and oxygen atoms in total. The van der Waals surface area contributed by atoms with Gasteiger partial charge in [-0.2, -0.15) is 10.1 Å². The molecule has 0 atom stereocenters. The number of fused-ring (bicyclic) bond motifs is 1. The number of nitrogens with zero attached hydrogens (tertiary/aromatic N) is 3. The van der Waals surface area contributed by atoms with Crippen LogP contribution in [0.2, 0.25) is 0 Å². The van der Waals surface area contributed by atoms with E-state index < -0.39 is 5.60 Å². The molecule has 1 aliphatic rings. The summed E-state index contributed by atoms with van der Waals surface area (Å²) >= 11 is 0. The minimum absolute atomic E-state index is 0.0859. The molecule has 0 aliphatic heterocycles. The molecule has 1 fully saturated rings. The molecule has 1 aliphatic carbocycles. The van der Waals surface area contributed by atoms with Gasteiger partial charge in [0, 0.05) is 24.9 Å². The van der Waals surface area contributed by atoms with E-state index >= 15 is 0 Å². The quantitative estimate of drug-likeness (QED) is 0.146. The van der Waals surface area contributed by atoms with E-state index in [1.807, 2.05) is 105 Å². The minimum Gasteiger partial charge on any atom is -0.473 e. The number of rotatable bonds is 10. The van der Waals surface area contributed by atoms with Gasteiger partial charge in [0.25, 0.3) is 0 Å². The fourth-order valence-corrected chi connectivity index (χ4v) is 6.30. The number of aryl methyl sites for hydroxylation is 1. The maximum Gasteiger partial charge on any atom is 0.306 e. The molecular weight excluding hydrogens is 574 g/mol. The van der Waals surface area contributed by atoms with Gasteiger partial charge >= 0.3 is 5.97 Å². The van der Waals surface area contributed by atoms with Crippen molar-refractivity contribution in [2.45, 2.75) is 77.6 Å². The zero-order chi connectivity index (χ0) is 32.1. The molecule has 0 amide bonds. The molecule has 3 aromatic carbocycles. The second kappa shape index (κ2) is 13.8. The summed E-state index contributed by atoms with van der Waals surface area (Å²) in [4.78, 5) is 17.2. The van der Waals surface area contributed by atoms with Gasteiger partial charge in [0.1, 0.15) is 24.5 Å². The van der Waals surface area contributed by atoms with Gasteiger partial charge in [0.05, 0.1) is 11.1 Å². The molecular formula is C39H43N3O4. The largest absolute Gasteiger partial charge is 0.473 e. The molecule has 2 aromatic heterocycles. The average molecular weight is 618 g/mol. The van der Waals surface area contributed by atoms with Crippen LogP contribution in [0.5, 0.6) is 11.8 Å². The fourth-order valence-electron chi connectivity index (χ4n) is 6.30. The van der Waals surface area contributed by atoms with Crippen LogP contribution in [0.3, 0.4) is 0 Å². The lowest BCUT2D eigenvalue weighted by atomic mass is 9.77. The lowest BCUT2D eigenvalue weighted by Gasteiger charge is -2.29. The number of aromatic nitrogens is 3. The van der Waals surface area contributed by atoms with Crippen molar-refractivity contribution in [3.8, 4) is 23.0 Å². The van der Waals surface area contributed by atoms with Crippen molar-refractivity contribution >= 4 is 16.9 Å². The van der Waals surface area contributed by atoms with E-state index in [-0.39, 0.29) is 5.97 Å². The highest BCUT2D eigenvalue weighted by Gasteiger charge is 2.27. The summed E-state index contributed by atoms with van der Waals surface area (Å²) in [6.45, 7) is 6.58. The van der Waals surface area contributed by atoms with Crippen molar-refractivity contribution in [2.75, 3.05) is 0 Å². The zero-order valence-electron chi connectivity index (χ0n) is 27.2. The highest BCUT2D eigenvalue weighted by Crippen LogP contribution is 2.40. The Kier molecular flexibility index (Phi) is 9.38. The number of hydrogen-bond donors (Lipinski definition) is 0. The SMILES string of the molecule is Cn1nc(-c2ccc(OCc3ccccc3)nc2OCc2ccccc2)c2ccc(C3CCC(CC(=O)OC(C)(C)C)CC3)cc21. The Morgan fingerprint density at radius 3 is 2.13 bits per heavy atom. The van der Waals surface area contributed by atoms with Gasteiger partial charge in [-0.3, -0.25) is 9.48 Å². The standard InChI is InChI=1S/C39H43N3O4/c1-39(2,3)46-36(43)23-27-15-17-30(18-16-27)31-19-20-32-34(24-31)42(4)41-37(32)33-21-22-35(44-25-28-11-7-5-8-12-28)40-38(33)45-26-29-13-9-6-10-14-29/h5-14,19-22,24,27,30H,15-18,23,25-26H2,1-4H3. The fraction of sp³-hybridized carbons (Fsp3) is 0.359. The second-order valence-electron chi connectivity index (χ2n) is 13.3. The normalized spacial score (nSPS) is 16.7. The number of esters is 1. The maximum absolute atomic E-state index is 12.4. The van der Waals surface area contributed by atoms with Crippen LogP contribution < -0.4 is 9.47 Å². The van der Waals surface area contributed by atoms with Crippen LogP contribution in [-0.4, -0.2) is 26.3 Å². The average Bonchev–Trinajstić information content (AvgIpc) is 3.38. The van der Waals surface area contributed by atoms with Crippen molar-refractivity contribution in [1.82, 2.24) is 14.8 Å². The number of carbonyl (C=O) groups is 1. The molecule has 2 heterocycles. The third-order valence-corrected chi connectivity index (χ3v) is 8.61. The number of ether oxygens (including phenoxy) is 3. The molecule has 46 heavy (non-hydrogen) atoms. The van der Waals surface area contributed by atoms with E-state index in [0.29, 0.717) is 43.2 Å². The van der Waals surface area contributed by atoms with Gasteiger partial charge in [-0.25, -0.2) is 0 Å². The number of carbonyl (C=O) groups excluding carboxylic acids is 1. The third-order valence-electron chi connectivity index (χ3n) is 8.61. The molecule has 0 spiro atoms. The van der Waals surface area contributed by atoms with E-state index in [2.05, 4.69) is 18.2 Å². The summed E-state index contributed by atoms with van der Waals surface area (Å²) in [6, 6.07) is 30.7. The first-order valence-electron chi connectivity index (χ1n) is 16.3. The zero-order valence-corrected chi connectivity index (χ0v) is 27.2. The summed E-state index contributed by atoms with van der Waals surface area (Å²) in [5.41, 5.74) is 5.74. The van der Waals surface area contributed by atoms with Crippen LogP contribution in [0.25, 0.3) is 22.2 Å². The van der Waals surface area contributed by atoms with Crippen LogP contribution in [0.15, 0.2) is 91.0 Å². The van der Waals surface area contributed by atoms with Crippen LogP contribution >= 0.6 is 0 Å². The van der Waals surface area contributed by atoms with Crippen LogP contribution in [0.1, 0.15) is 75.5 Å². The van der Waals surface area contributed by atoms with Crippen molar-refractivity contribution < 1.29 is 19.0 Å². The van der Waals surface area contributed by atoms with Crippen molar-refractivity contribution in [1.29, 1.82) is 0 Å². The molecule has 0 radical (unpaired) electrons. The highest BCUT2D eigenvalue weighted by molar-refractivity contribution is 5.95. The van der Waals surface area contributed by atoms with Crippen LogP contribution in [0.4, 0.5) is 0 Å². The molecule has 0 bridgehead atoms. The first-order chi connectivity index (χ1) is 22.2. The van der Waals surface area contributed by atoms with E-state index in [1.165, 1.54) is 5.56 Å². The summed E-state index contributed by atoms with van der Waals surface area (Å²) in [6.07, 6.45) is 4.70. The molecule has 5 aromatic rings. The number of pyridine rings is 1. The van der Waals surface area contributed by atoms with Gasteiger partial charge in [0.15, 0.2) is 0 Å². The van der Waals surface area contributed by atoms with Gasteiger partial charge in [-0.15, -0.1) is 0 Å². The first-order valence-corrected chi connectivity index (χ1v) is 16.3. The number of benzene rings is 3. The predicted molar refractivity (Wildman–Crippen MR) is 181 cm³/mol. The molecule has 0 N–H and O–H groups in total. The Labute approximate surface area is 271 Å². The molecule has 0 unspecified atom stereocenters. The van der Waals surface area contributed by atoms with Gasteiger partial charge in [-0.05, 0) is 87.1 Å². The summed E-state index contributed by atoms with van der Waals surface area (Å²) in [7, 11) is 1.99. The smallest absolute Gasteiger partial charge is 0.306 e. The molecule has 7 heteroatoms. The number of hydrogen-bond acceptors (Lipinski definition) is 6. The van der Waals surface area contributed by atoms with E-state index in [1.54, 1.807) is 0 Å². The Hall–Kier alpha value is -4.65. The topological polar surface area (TPSA) is 75.5 Å². The monoisotopic (exact) mass is 617 g/mol. The Morgan fingerprint density at radius 1 is 0.826 bits per heavy atom. The Bertz CT molecular complexity index is 1770. The highest BCUT2D eigenvalue weighted by atomic mass is 16.6. The van der Waals surface area contributed by atoms with E-state index in [0.717, 1.165) is 59.0 Å². The summed E-state index contributed by atoms with van der Waals surface area (Å²) < 4.78 is 19.9. The van der Waals surface area contributed by atoms with Crippen molar-refractivity contribution in [2.24, 2.45) is 13.0 Å². The van der Waals surface area contributed by atoms with E-state index in [9.17, 15) is 4.79 Å². The molecule has 6 rings (SSSR count).